The number of halogens is 2. The van der Waals surface area contributed by atoms with Gasteiger partial charge in [0.2, 0.25) is 0 Å². The minimum atomic E-state index is -2.90. The average molecular weight is 587 g/mol. The first-order valence-corrected chi connectivity index (χ1v) is 14.9. The second-order valence-electron chi connectivity index (χ2n) is 12.0. The van der Waals surface area contributed by atoms with Gasteiger partial charge in [0.1, 0.15) is 11.5 Å². The van der Waals surface area contributed by atoms with Crippen molar-refractivity contribution in [1.82, 2.24) is 20.0 Å². The standard InChI is InChI=1S/C34H36F2N4O3/c1-22-29(32(41)37-19-23-3-4-23)13-14-31-30(22)21-40(38-31)20-24-15-17-39(18-16-24)33(42)25-5-9-27(10-6-25)43-28-11-7-26(8-12-28)34(2,35)36/h5-14,21,23-24H,3-4,15-20H2,1-2H3,(H,37,41). The number of fused-ring (bicyclic) bond motifs is 1. The van der Waals surface area contributed by atoms with E-state index in [1.54, 1.807) is 24.3 Å². The van der Waals surface area contributed by atoms with Crippen molar-refractivity contribution < 1.29 is 23.1 Å². The molecule has 2 aliphatic rings. The molecule has 2 heterocycles. The fourth-order valence-electron chi connectivity index (χ4n) is 5.66. The van der Waals surface area contributed by atoms with Gasteiger partial charge in [-0.15, -0.1) is 0 Å². The summed E-state index contributed by atoms with van der Waals surface area (Å²) in [5, 5.41) is 8.82. The average Bonchev–Trinajstić information content (AvgIpc) is 3.74. The van der Waals surface area contributed by atoms with Gasteiger partial charge in [-0.05, 0) is 111 Å². The lowest BCUT2D eigenvalue weighted by Gasteiger charge is -2.32. The van der Waals surface area contributed by atoms with Crippen LogP contribution in [0, 0.1) is 18.8 Å². The molecule has 3 aromatic carbocycles. The molecular formula is C34H36F2N4O3. The number of likely N-dealkylation sites (tertiary alicyclic amines) is 1. The Kier molecular flexibility index (Phi) is 7.90. The second kappa shape index (κ2) is 11.8. The summed E-state index contributed by atoms with van der Waals surface area (Å²) in [7, 11) is 0. The Morgan fingerprint density at radius 2 is 1.58 bits per heavy atom. The highest BCUT2D eigenvalue weighted by Gasteiger charge is 2.26. The number of aromatic nitrogens is 2. The number of nitrogens with one attached hydrogen (secondary N) is 1. The maximum atomic E-state index is 13.4. The quantitative estimate of drug-likeness (QED) is 0.231. The number of carbonyl (C=O) groups excluding carboxylic acids is 2. The van der Waals surface area contributed by atoms with E-state index in [1.807, 2.05) is 34.8 Å². The normalized spacial score (nSPS) is 16.0. The molecule has 0 unspecified atom stereocenters. The molecule has 6 rings (SSSR count). The number of carbonyl (C=O) groups is 2. The van der Waals surface area contributed by atoms with Crippen molar-refractivity contribution in [2.75, 3.05) is 19.6 Å². The van der Waals surface area contributed by atoms with Gasteiger partial charge in [0.15, 0.2) is 0 Å². The molecule has 7 nitrogen and oxygen atoms in total. The fourth-order valence-corrected chi connectivity index (χ4v) is 5.66. The number of aryl methyl sites for hydroxylation is 1. The summed E-state index contributed by atoms with van der Waals surface area (Å²) in [4.78, 5) is 27.7. The summed E-state index contributed by atoms with van der Waals surface area (Å²) in [5.74, 6) is -0.933. The molecule has 4 aromatic rings. The molecule has 1 aliphatic carbocycles. The Bertz CT molecular complexity index is 1610. The minimum absolute atomic E-state index is 0.0188. The molecule has 0 bridgehead atoms. The predicted molar refractivity (Wildman–Crippen MR) is 161 cm³/mol. The van der Waals surface area contributed by atoms with Gasteiger partial charge in [0.25, 0.3) is 17.7 Å². The van der Waals surface area contributed by atoms with Crippen molar-refractivity contribution in [2.24, 2.45) is 11.8 Å². The highest BCUT2D eigenvalue weighted by atomic mass is 19.3. The van der Waals surface area contributed by atoms with Gasteiger partial charge in [-0.1, -0.05) is 0 Å². The smallest absolute Gasteiger partial charge is 0.270 e. The lowest BCUT2D eigenvalue weighted by atomic mass is 9.96. The van der Waals surface area contributed by atoms with Gasteiger partial charge in [-0.3, -0.25) is 14.3 Å². The number of hydrogen-bond acceptors (Lipinski definition) is 4. The van der Waals surface area contributed by atoms with Crippen molar-refractivity contribution >= 4 is 22.7 Å². The number of amides is 2. The van der Waals surface area contributed by atoms with E-state index in [1.165, 1.54) is 37.1 Å². The third kappa shape index (κ3) is 6.71. The molecule has 43 heavy (non-hydrogen) atoms. The zero-order valence-electron chi connectivity index (χ0n) is 24.5. The van der Waals surface area contributed by atoms with Crippen molar-refractivity contribution in [3.05, 3.63) is 89.1 Å². The number of piperidine rings is 1. The Labute approximate surface area is 249 Å². The van der Waals surface area contributed by atoms with Gasteiger partial charge >= 0.3 is 0 Å². The summed E-state index contributed by atoms with van der Waals surface area (Å²) in [6, 6.07) is 16.4. The molecule has 0 atom stereocenters. The van der Waals surface area contributed by atoms with Crippen LogP contribution in [0.2, 0.25) is 0 Å². The van der Waals surface area contributed by atoms with Crippen molar-refractivity contribution in [1.29, 1.82) is 0 Å². The van der Waals surface area contributed by atoms with E-state index in [0.717, 1.165) is 49.3 Å². The molecule has 1 aliphatic heterocycles. The van der Waals surface area contributed by atoms with Crippen LogP contribution in [0.4, 0.5) is 8.78 Å². The van der Waals surface area contributed by atoms with Crippen LogP contribution >= 0.6 is 0 Å². The van der Waals surface area contributed by atoms with Crippen LogP contribution in [0.5, 0.6) is 11.5 Å². The van der Waals surface area contributed by atoms with E-state index in [-0.39, 0.29) is 17.4 Å². The van der Waals surface area contributed by atoms with E-state index >= 15 is 0 Å². The molecule has 2 fully saturated rings. The van der Waals surface area contributed by atoms with Crippen molar-refractivity contribution in [2.45, 2.75) is 52.0 Å². The molecular weight excluding hydrogens is 550 g/mol. The topological polar surface area (TPSA) is 76.5 Å². The summed E-state index contributed by atoms with van der Waals surface area (Å²) in [6.07, 6.45) is 6.20. The molecule has 0 radical (unpaired) electrons. The van der Waals surface area contributed by atoms with Gasteiger partial charge < -0.3 is 15.0 Å². The number of alkyl halides is 2. The number of benzene rings is 3. The number of hydrogen-bond donors (Lipinski definition) is 1. The summed E-state index contributed by atoms with van der Waals surface area (Å²) >= 11 is 0. The lowest BCUT2D eigenvalue weighted by molar-refractivity contribution is 0.0174. The maximum Gasteiger partial charge on any atom is 0.270 e. The molecule has 0 spiro atoms. The fraction of sp³-hybridized carbons (Fsp3) is 0.382. The third-order valence-electron chi connectivity index (χ3n) is 8.54. The van der Waals surface area contributed by atoms with Crippen LogP contribution in [0.3, 0.4) is 0 Å². The zero-order valence-corrected chi connectivity index (χ0v) is 24.5. The molecule has 1 saturated carbocycles. The van der Waals surface area contributed by atoms with E-state index in [2.05, 4.69) is 5.32 Å². The predicted octanol–water partition coefficient (Wildman–Crippen LogP) is 6.94. The highest BCUT2D eigenvalue weighted by molar-refractivity contribution is 6.00. The summed E-state index contributed by atoms with van der Waals surface area (Å²) < 4.78 is 34.6. The Balaban J connectivity index is 1.01. The SMILES string of the molecule is Cc1c(C(=O)NCC2CC2)ccc2nn(CC3CCN(C(=O)c4ccc(Oc5ccc(C(C)(F)F)cc5)cc4)CC3)cc12. The van der Waals surface area contributed by atoms with Crippen LogP contribution in [0.1, 0.15) is 64.4 Å². The summed E-state index contributed by atoms with van der Waals surface area (Å²) in [6.45, 7) is 5.69. The Morgan fingerprint density at radius 1 is 0.930 bits per heavy atom. The van der Waals surface area contributed by atoms with Crippen LogP contribution in [-0.4, -0.2) is 46.1 Å². The molecule has 9 heteroatoms. The van der Waals surface area contributed by atoms with E-state index in [9.17, 15) is 18.4 Å². The van der Waals surface area contributed by atoms with Gasteiger partial charge in [-0.2, -0.15) is 5.10 Å². The highest BCUT2D eigenvalue weighted by Crippen LogP contribution is 2.31. The third-order valence-corrected chi connectivity index (χ3v) is 8.54. The zero-order chi connectivity index (χ0) is 30.1. The van der Waals surface area contributed by atoms with E-state index in [0.29, 0.717) is 47.6 Å². The largest absolute Gasteiger partial charge is 0.457 e. The first kappa shape index (κ1) is 28.8. The Morgan fingerprint density at radius 3 is 2.21 bits per heavy atom. The minimum Gasteiger partial charge on any atom is -0.457 e. The molecule has 1 aromatic heterocycles. The number of rotatable bonds is 9. The first-order valence-electron chi connectivity index (χ1n) is 14.9. The number of nitrogens with zero attached hydrogens (tertiary/aromatic N) is 3. The van der Waals surface area contributed by atoms with Gasteiger partial charge in [-0.25, -0.2) is 8.78 Å². The molecule has 1 N–H and O–H groups in total. The van der Waals surface area contributed by atoms with Crippen LogP contribution in [0.25, 0.3) is 10.9 Å². The Hall–Kier alpha value is -4.27. The molecule has 224 valence electrons. The van der Waals surface area contributed by atoms with Crippen LogP contribution in [0.15, 0.2) is 66.9 Å². The van der Waals surface area contributed by atoms with Crippen LogP contribution in [-0.2, 0) is 12.5 Å². The van der Waals surface area contributed by atoms with Crippen molar-refractivity contribution in [3.8, 4) is 11.5 Å². The van der Waals surface area contributed by atoms with E-state index in [4.69, 9.17) is 9.84 Å². The monoisotopic (exact) mass is 586 g/mol. The maximum absolute atomic E-state index is 13.4. The molecule has 2 amide bonds. The van der Waals surface area contributed by atoms with Crippen molar-refractivity contribution in [3.63, 3.8) is 0 Å². The van der Waals surface area contributed by atoms with Gasteiger partial charge in [0.05, 0.1) is 5.52 Å². The first-order chi connectivity index (χ1) is 20.6. The number of ether oxygens (including phenoxy) is 1. The molecule has 1 saturated heterocycles. The second-order valence-corrected chi connectivity index (χ2v) is 12.0. The summed E-state index contributed by atoms with van der Waals surface area (Å²) in [5.41, 5.74) is 3.05. The van der Waals surface area contributed by atoms with Gasteiger partial charge in [0, 0.05) is 61.4 Å². The van der Waals surface area contributed by atoms with E-state index < -0.39 is 5.92 Å². The van der Waals surface area contributed by atoms with Crippen LogP contribution < -0.4 is 10.1 Å². The lowest BCUT2D eigenvalue weighted by Crippen LogP contribution is -2.39.